The molecule has 0 radical (unpaired) electrons. The van der Waals surface area contributed by atoms with E-state index in [-0.39, 0.29) is 24.4 Å². The summed E-state index contributed by atoms with van der Waals surface area (Å²) in [5.74, 6) is -5.97. The molecule has 0 heterocycles. The fraction of sp³-hybridized carbons (Fsp3) is 0.429. The molecule has 0 saturated heterocycles. The van der Waals surface area contributed by atoms with Gasteiger partial charge in [0.25, 0.3) is 5.91 Å². The van der Waals surface area contributed by atoms with Crippen LogP contribution >= 0.6 is 0 Å². The molecule has 1 unspecified atom stereocenters. The van der Waals surface area contributed by atoms with E-state index in [0.717, 1.165) is 0 Å². The molecule has 0 aliphatic rings. The van der Waals surface area contributed by atoms with Crippen LogP contribution in [0.25, 0.3) is 0 Å². The standard InChI is InChI=1S/C14H16F3NO3/c1-8(2-3-12(19)20)4-5-18-14(21)9-6-10(15)13(17)11(16)7-9/h6-8H,2-5H2,1H3,(H,18,21)(H,19,20). The van der Waals surface area contributed by atoms with Gasteiger partial charge in [-0.1, -0.05) is 6.92 Å². The molecule has 7 heteroatoms. The van der Waals surface area contributed by atoms with E-state index in [4.69, 9.17) is 5.11 Å². The Morgan fingerprint density at radius 3 is 2.29 bits per heavy atom. The second kappa shape index (κ2) is 7.66. The first kappa shape index (κ1) is 17.0. The van der Waals surface area contributed by atoms with Crippen molar-refractivity contribution in [1.29, 1.82) is 0 Å². The maximum Gasteiger partial charge on any atom is 0.303 e. The summed E-state index contributed by atoms with van der Waals surface area (Å²) in [4.78, 5) is 22.0. The largest absolute Gasteiger partial charge is 0.481 e. The van der Waals surface area contributed by atoms with Crippen LogP contribution < -0.4 is 5.32 Å². The third kappa shape index (κ3) is 5.45. The highest BCUT2D eigenvalue weighted by molar-refractivity contribution is 5.94. The van der Waals surface area contributed by atoms with Gasteiger partial charge in [-0.15, -0.1) is 0 Å². The van der Waals surface area contributed by atoms with E-state index < -0.39 is 29.3 Å². The molecule has 0 bridgehead atoms. The van der Waals surface area contributed by atoms with Gasteiger partial charge in [0.15, 0.2) is 17.5 Å². The van der Waals surface area contributed by atoms with Gasteiger partial charge in [0, 0.05) is 18.5 Å². The van der Waals surface area contributed by atoms with E-state index in [1.807, 2.05) is 6.92 Å². The Morgan fingerprint density at radius 1 is 1.19 bits per heavy atom. The lowest BCUT2D eigenvalue weighted by Crippen LogP contribution is -2.26. The minimum Gasteiger partial charge on any atom is -0.481 e. The number of carboxylic acid groups (broad SMARTS) is 1. The van der Waals surface area contributed by atoms with Crippen molar-refractivity contribution in [2.24, 2.45) is 5.92 Å². The van der Waals surface area contributed by atoms with Gasteiger partial charge in [0.1, 0.15) is 0 Å². The second-order valence-corrected chi connectivity index (χ2v) is 4.84. The van der Waals surface area contributed by atoms with E-state index in [0.29, 0.717) is 25.0 Å². The van der Waals surface area contributed by atoms with E-state index in [9.17, 15) is 22.8 Å². The SMILES string of the molecule is CC(CCNC(=O)c1cc(F)c(F)c(F)c1)CCC(=O)O. The number of rotatable bonds is 7. The average Bonchev–Trinajstić information content (AvgIpc) is 2.41. The number of carbonyl (C=O) groups is 2. The Morgan fingerprint density at radius 2 is 1.76 bits per heavy atom. The number of amides is 1. The lowest BCUT2D eigenvalue weighted by Gasteiger charge is -2.11. The van der Waals surface area contributed by atoms with Gasteiger partial charge in [-0.3, -0.25) is 9.59 Å². The quantitative estimate of drug-likeness (QED) is 0.761. The van der Waals surface area contributed by atoms with Crippen LogP contribution in [-0.4, -0.2) is 23.5 Å². The molecule has 1 amide bonds. The molecule has 0 aliphatic carbocycles. The molecule has 1 rings (SSSR count). The summed E-state index contributed by atoms with van der Waals surface area (Å²) in [5.41, 5.74) is -0.301. The summed E-state index contributed by atoms with van der Waals surface area (Å²) >= 11 is 0. The van der Waals surface area contributed by atoms with E-state index in [1.165, 1.54) is 0 Å². The van der Waals surface area contributed by atoms with Crippen LogP contribution in [0.15, 0.2) is 12.1 Å². The smallest absolute Gasteiger partial charge is 0.303 e. The monoisotopic (exact) mass is 303 g/mol. The Balaban J connectivity index is 2.46. The molecule has 0 fully saturated rings. The van der Waals surface area contributed by atoms with Gasteiger partial charge in [0.2, 0.25) is 0 Å². The summed E-state index contributed by atoms with van der Waals surface area (Å²) in [6.07, 6.45) is 1.06. The highest BCUT2D eigenvalue weighted by Gasteiger charge is 2.15. The first-order valence-corrected chi connectivity index (χ1v) is 6.45. The van der Waals surface area contributed by atoms with Gasteiger partial charge >= 0.3 is 5.97 Å². The Bertz CT molecular complexity index is 511. The Kier molecular flexibility index (Phi) is 6.20. The Hall–Kier alpha value is -2.05. The summed E-state index contributed by atoms with van der Waals surface area (Å²) in [6.45, 7) is 2.08. The molecule has 0 spiro atoms. The molecule has 4 nitrogen and oxygen atoms in total. The lowest BCUT2D eigenvalue weighted by molar-refractivity contribution is -0.137. The zero-order chi connectivity index (χ0) is 16.0. The molecule has 1 atom stereocenters. The zero-order valence-corrected chi connectivity index (χ0v) is 11.5. The summed E-state index contributed by atoms with van der Waals surface area (Å²) < 4.78 is 38.7. The second-order valence-electron chi connectivity index (χ2n) is 4.84. The van der Waals surface area contributed by atoms with E-state index in [1.54, 1.807) is 0 Å². The molecule has 1 aromatic rings. The van der Waals surface area contributed by atoms with Gasteiger partial charge < -0.3 is 10.4 Å². The number of hydrogen-bond acceptors (Lipinski definition) is 2. The first-order valence-electron chi connectivity index (χ1n) is 6.45. The minimum absolute atomic E-state index is 0.0451. The highest BCUT2D eigenvalue weighted by atomic mass is 19.2. The summed E-state index contributed by atoms with van der Waals surface area (Å²) in [7, 11) is 0. The first-order chi connectivity index (χ1) is 9.81. The molecule has 0 saturated carbocycles. The number of carboxylic acids is 1. The van der Waals surface area contributed by atoms with Gasteiger partial charge in [-0.25, -0.2) is 13.2 Å². The van der Waals surface area contributed by atoms with Crippen molar-refractivity contribution < 1.29 is 27.9 Å². The number of nitrogens with one attached hydrogen (secondary N) is 1. The van der Waals surface area contributed by atoms with Crippen molar-refractivity contribution >= 4 is 11.9 Å². The predicted molar refractivity (Wildman–Crippen MR) is 69.3 cm³/mol. The van der Waals surface area contributed by atoms with Crippen molar-refractivity contribution in [3.63, 3.8) is 0 Å². The zero-order valence-electron chi connectivity index (χ0n) is 11.5. The molecular weight excluding hydrogens is 287 g/mol. The lowest BCUT2D eigenvalue weighted by atomic mass is 10.0. The van der Waals surface area contributed by atoms with Crippen LogP contribution in [0.4, 0.5) is 13.2 Å². The highest BCUT2D eigenvalue weighted by Crippen LogP contribution is 2.14. The molecule has 21 heavy (non-hydrogen) atoms. The van der Waals surface area contributed by atoms with Crippen molar-refractivity contribution in [2.45, 2.75) is 26.2 Å². The third-order valence-corrected chi connectivity index (χ3v) is 3.02. The predicted octanol–water partition coefficient (Wildman–Crippen LogP) is 2.72. The molecule has 0 aliphatic heterocycles. The van der Waals surface area contributed by atoms with Crippen LogP contribution in [0.1, 0.15) is 36.5 Å². The number of hydrogen-bond donors (Lipinski definition) is 2. The van der Waals surface area contributed by atoms with Crippen LogP contribution in [0.3, 0.4) is 0 Å². The average molecular weight is 303 g/mol. The van der Waals surface area contributed by atoms with Gasteiger partial charge in [0.05, 0.1) is 0 Å². The fourth-order valence-corrected chi connectivity index (χ4v) is 1.73. The molecule has 2 N–H and O–H groups in total. The van der Waals surface area contributed by atoms with E-state index >= 15 is 0 Å². The molecule has 0 aromatic heterocycles. The van der Waals surface area contributed by atoms with Crippen molar-refractivity contribution in [3.05, 3.63) is 35.1 Å². The normalized spacial score (nSPS) is 12.0. The van der Waals surface area contributed by atoms with E-state index in [2.05, 4.69) is 5.32 Å². The fourth-order valence-electron chi connectivity index (χ4n) is 1.73. The number of aliphatic carboxylic acids is 1. The Labute approximate surface area is 120 Å². The minimum atomic E-state index is -1.62. The molecule has 1 aromatic carbocycles. The van der Waals surface area contributed by atoms with Crippen LogP contribution in [0.5, 0.6) is 0 Å². The van der Waals surface area contributed by atoms with Crippen molar-refractivity contribution in [3.8, 4) is 0 Å². The summed E-state index contributed by atoms with van der Waals surface area (Å²) in [5, 5.41) is 11.0. The number of benzene rings is 1. The summed E-state index contributed by atoms with van der Waals surface area (Å²) in [6, 6.07) is 1.25. The van der Waals surface area contributed by atoms with Gasteiger partial charge in [-0.2, -0.15) is 0 Å². The van der Waals surface area contributed by atoms with Crippen molar-refractivity contribution in [2.75, 3.05) is 6.54 Å². The molecule has 116 valence electrons. The number of halogens is 3. The maximum atomic E-state index is 13.0. The van der Waals surface area contributed by atoms with Crippen LogP contribution in [0.2, 0.25) is 0 Å². The topological polar surface area (TPSA) is 66.4 Å². The van der Waals surface area contributed by atoms with Crippen LogP contribution in [-0.2, 0) is 4.79 Å². The maximum absolute atomic E-state index is 13.0. The molecular formula is C14H16F3NO3. The van der Waals surface area contributed by atoms with Crippen molar-refractivity contribution in [1.82, 2.24) is 5.32 Å². The number of carbonyl (C=O) groups excluding carboxylic acids is 1. The third-order valence-electron chi connectivity index (χ3n) is 3.02. The van der Waals surface area contributed by atoms with Crippen LogP contribution in [0, 0.1) is 23.4 Å². The van der Waals surface area contributed by atoms with Gasteiger partial charge in [-0.05, 0) is 30.9 Å².